The number of nitrogens with zero attached hydrogens (tertiary/aromatic N) is 2. The van der Waals surface area contributed by atoms with Gasteiger partial charge in [0.05, 0.1) is 0 Å². The molecule has 2 aromatic rings. The van der Waals surface area contributed by atoms with Crippen molar-refractivity contribution < 1.29 is 9.47 Å². The number of hydrogen-bond donors (Lipinski definition) is 1. The van der Waals surface area contributed by atoms with Gasteiger partial charge in [-0.25, -0.2) is 0 Å². The van der Waals surface area contributed by atoms with Gasteiger partial charge in [0.2, 0.25) is 6.79 Å². The summed E-state index contributed by atoms with van der Waals surface area (Å²) in [5.41, 5.74) is 8.27. The molecule has 5 nitrogen and oxygen atoms in total. The van der Waals surface area contributed by atoms with E-state index in [0.29, 0.717) is 6.54 Å². The van der Waals surface area contributed by atoms with E-state index >= 15 is 0 Å². The van der Waals surface area contributed by atoms with Gasteiger partial charge in [0.15, 0.2) is 11.5 Å². The maximum Gasteiger partial charge on any atom is 0.231 e. The van der Waals surface area contributed by atoms with Crippen molar-refractivity contribution in [3.8, 4) is 11.5 Å². The molecule has 0 amide bonds. The van der Waals surface area contributed by atoms with Crippen LogP contribution in [-0.4, -0.2) is 30.3 Å². The van der Waals surface area contributed by atoms with Gasteiger partial charge in [-0.3, -0.25) is 9.88 Å². The van der Waals surface area contributed by atoms with Gasteiger partial charge in [0.1, 0.15) is 0 Å². The summed E-state index contributed by atoms with van der Waals surface area (Å²) in [7, 11) is 2.06. The number of aromatic nitrogens is 1. The highest BCUT2D eigenvalue weighted by atomic mass is 16.7. The molecule has 1 aliphatic heterocycles. The van der Waals surface area contributed by atoms with Crippen LogP contribution in [0.25, 0.3) is 0 Å². The Labute approximate surface area is 124 Å². The minimum Gasteiger partial charge on any atom is -0.454 e. The Morgan fingerprint density at radius 3 is 2.90 bits per heavy atom. The van der Waals surface area contributed by atoms with Crippen LogP contribution in [0.3, 0.4) is 0 Å². The standard InChI is InChI=1S/C16H19N3O2/c1-19(10-12-3-2-6-18-9-12)14(8-17)13-4-5-15-16(7-13)21-11-20-15/h2-7,9,14H,8,10-11,17H2,1H3. The van der Waals surface area contributed by atoms with E-state index in [0.717, 1.165) is 23.6 Å². The Balaban J connectivity index is 1.78. The number of pyridine rings is 1. The second-order valence-electron chi connectivity index (χ2n) is 5.14. The molecule has 0 spiro atoms. The number of ether oxygens (including phenoxy) is 2. The molecule has 110 valence electrons. The quantitative estimate of drug-likeness (QED) is 0.909. The first-order valence-electron chi connectivity index (χ1n) is 6.96. The summed E-state index contributed by atoms with van der Waals surface area (Å²) in [6.45, 7) is 1.62. The Morgan fingerprint density at radius 1 is 1.29 bits per heavy atom. The van der Waals surface area contributed by atoms with Gasteiger partial charge in [-0.05, 0) is 36.4 Å². The van der Waals surface area contributed by atoms with E-state index in [4.69, 9.17) is 15.2 Å². The lowest BCUT2D eigenvalue weighted by atomic mass is 10.0. The van der Waals surface area contributed by atoms with E-state index in [9.17, 15) is 0 Å². The summed E-state index contributed by atoms with van der Waals surface area (Å²) in [4.78, 5) is 6.37. The number of nitrogens with two attached hydrogens (primary N) is 1. The normalized spacial score (nSPS) is 14.4. The fourth-order valence-electron chi connectivity index (χ4n) is 2.58. The number of rotatable bonds is 5. The predicted molar refractivity (Wildman–Crippen MR) is 80.1 cm³/mol. The Kier molecular flexibility index (Phi) is 4.03. The zero-order valence-corrected chi connectivity index (χ0v) is 12.0. The van der Waals surface area contributed by atoms with Crippen LogP contribution >= 0.6 is 0 Å². The molecule has 0 saturated carbocycles. The second-order valence-corrected chi connectivity index (χ2v) is 5.14. The topological polar surface area (TPSA) is 60.6 Å². The molecule has 0 saturated heterocycles. The van der Waals surface area contributed by atoms with Crippen molar-refractivity contribution in [2.24, 2.45) is 5.73 Å². The van der Waals surface area contributed by atoms with Crippen LogP contribution in [0.5, 0.6) is 11.5 Å². The fourth-order valence-corrected chi connectivity index (χ4v) is 2.58. The molecule has 2 N–H and O–H groups in total. The molecule has 1 aromatic heterocycles. The molecule has 0 bridgehead atoms. The van der Waals surface area contributed by atoms with Gasteiger partial charge < -0.3 is 15.2 Å². The zero-order chi connectivity index (χ0) is 14.7. The molecule has 21 heavy (non-hydrogen) atoms. The van der Waals surface area contributed by atoms with Crippen LogP contribution in [0.15, 0.2) is 42.7 Å². The molecule has 5 heteroatoms. The zero-order valence-electron chi connectivity index (χ0n) is 12.0. The minimum absolute atomic E-state index is 0.125. The summed E-state index contributed by atoms with van der Waals surface area (Å²) < 4.78 is 10.8. The van der Waals surface area contributed by atoms with Crippen molar-refractivity contribution in [1.29, 1.82) is 0 Å². The molecular formula is C16H19N3O2. The molecule has 0 fully saturated rings. The smallest absolute Gasteiger partial charge is 0.231 e. The lowest BCUT2D eigenvalue weighted by molar-refractivity contribution is 0.173. The first-order chi connectivity index (χ1) is 10.3. The Morgan fingerprint density at radius 2 is 2.14 bits per heavy atom. The molecule has 0 radical (unpaired) electrons. The number of likely N-dealkylation sites (N-methyl/N-ethyl adjacent to an activating group) is 1. The van der Waals surface area contributed by atoms with E-state index < -0.39 is 0 Å². The van der Waals surface area contributed by atoms with Crippen molar-refractivity contribution >= 4 is 0 Å². The highest BCUT2D eigenvalue weighted by molar-refractivity contribution is 5.45. The van der Waals surface area contributed by atoms with E-state index in [1.807, 2.05) is 30.5 Å². The van der Waals surface area contributed by atoms with Gasteiger partial charge in [0, 0.05) is 31.5 Å². The summed E-state index contributed by atoms with van der Waals surface area (Å²) in [6.07, 6.45) is 3.66. The van der Waals surface area contributed by atoms with E-state index in [1.165, 1.54) is 5.56 Å². The third kappa shape index (κ3) is 2.99. The summed E-state index contributed by atoms with van der Waals surface area (Å²) >= 11 is 0. The van der Waals surface area contributed by atoms with Crippen molar-refractivity contribution in [2.75, 3.05) is 20.4 Å². The first kappa shape index (κ1) is 13.9. The highest BCUT2D eigenvalue weighted by Crippen LogP contribution is 2.35. The molecule has 0 aliphatic carbocycles. The number of benzene rings is 1. The number of hydrogen-bond acceptors (Lipinski definition) is 5. The maximum atomic E-state index is 5.98. The minimum atomic E-state index is 0.125. The third-order valence-corrected chi connectivity index (χ3v) is 3.69. The molecule has 1 unspecified atom stereocenters. The average Bonchev–Trinajstić information content (AvgIpc) is 2.96. The van der Waals surface area contributed by atoms with E-state index in [2.05, 4.69) is 23.0 Å². The molecule has 1 atom stereocenters. The summed E-state index contributed by atoms with van der Waals surface area (Å²) in [5, 5.41) is 0. The average molecular weight is 285 g/mol. The van der Waals surface area contributed by atoms with Crippen LogP contribution in [-0.2, 0) is 6.54 Å². The lowest BCUT2D eigenvalue weighted by Crippen LogP contribution is -2.30. The second kappa shape index (κ2) is 6.11. The van der Waals surface area contributed by atoms with Crippen LogP contribution in [0.2, 0.25) is 0 Å². The van der Waals surface area contributed by atoms with Gasteiger partial charge in [-0.15, -0.1) is 0 Å². The van der Waals surface area contributed by atoms with Crippen molar-refractivity contribution in [3.05, 3.63) is 53.9 Å². The van der Waals surface area contributed by atoms with Crippen LogP contribution < -0.4 is 15.2 Å². The predicted octanol–water partition coefficient (Wildman–Crippen LogP) is 1.94. The summed E-state index contributed by atoms with van der Waals surface area (Å²) in [5.74, 6) is 1.59. The molecule has 3 rings (SSSR count). The van der Waals surface area contributed by atoms with Crippen LogP contribution in [0.4, 0.5) is 0 Å². The fraction of sp³-hybridized carbons (Fsp3) is 0.312. The Hall–Kier alpha value is -2.11. The van der Waals surface area contributed by atoms with Gasteiger partial charge in [-0.1, -0.05) is 12.1 Å². The van der Waals surface area contributed by atoms with E-state index in [1.54, 1.807) is 6.20 Å². The molecule has 1 aromatic carbocycles. The monoisotopic (exact) mass is 285 g/mol. The van der Waals surface area contributed by atoms with Crippen LogP contribution in [0, 0.1) is 0 Å². The Bertz CT molecular complexity index is 604. The van der Waals surface area contributed by atoms with E-state index in [-0.39, 0.29) is 12.8 Å². The number of fused-ring (bicyclic) bond motifs is 1. The van der Waals surface area contributed by atoms with Crippen LogP contribution in [0.1, 0.15) is 17.2 Å². The SMILES string of the molecule is CN(Cc1cccnc1)C(CN)c1ccc2c(c1)OCO2. The lowest BCUT2D eigenvalue weighted by Gasteiger charge is -2.27. The van der Waals surface area contributed by atoms with Crippen molar-refractivity contribution in [1.82, 2.24) is 9.88 Å². The van der Waals surface area contributed by atoms with Gasteiger partial charge >= 0.3 is 0 Å². The first-order valence-corrected chi connectivity index (χ1v) is 6.96. The summed E-state index contributed by atoms with van der Waals surface area (Å²) in [6, 6.07) is 10.1. The van der Waals surface area contributed by atoms with Gasteiger partial charge in [0.25, 0.3) is 0 Å². The molecule has 2 heterocycles. The van der Waals surface area contributed by atoms with Crippen molar-refractivity contribution in [2.45, 2.75) is 12.6 Å². The highest BCUT2D eigenvalue weighted by Gasteiger charge is 2.20. The molecular weight excluding hydrogens is 266 g/mol. The van der Waals surface area contributed by atoms with Crippen molar-refractivity contribution in [3.63, 3.8) is 0 Å². The third-order valence-electron chi connectivity index (χ3n) is 3.69. The molecule has 1 aliphatic rings. The maximum absolute atomic E-state index is 5.98. The van der Waals surface area contributed by atoms with Gasteiger partial charge in [-0.2, -0.15) is 0 Å². The largest absolute Gasteiger partial charge is 0.454 e.